The molecular formula is C13H21NO2S. The molecule has 0 spiro atoms. The lowest BCUT2D eigenvalue weighted by Crippen LogP contribution is -2.37. The van der Waals surface area contributed by atoms with Gasteiger partial charge in [-0.3, -0.25) is 4.79 Å². The number of hydrogen-bond donors (Lipinski definition) is 1. The molecule has 0 saturated carbocycles. The predicted octanol–water partition coefficient (Wildman–Crippen LogP) is 2.91. The van der Waals surface area contributed by atoms with Gasteiger partial charge in [-0.2, -0.15) is 0 Å². The van der Waals surface area contributed by atoms with Crippen LogP contribution >= 0.6 is 11.3 Å². The lowest BCUT2D eigenvalue weighted by Gasteiger charge is -2.20. The number of carbonyl (C=O) groups is 1. The maximum Gasteiger partial charge on any atom is 0.225 e. The highest BCUT2D eigenvalue weighted by molar-refractivity contribution is 7.12. The minimum absolute atomic E-state index is 0.0489. The standard InChI is InChI=1S/C13H21NO2S/c1-9-6-7-11(17-9)10(16-5)8-14-12(15)13(2,3)4/h6-7,10H,8H2,1-5H3,(H,14,15)/t10-/m1/s1. The van der Waals surface area contributed by atoms with Gasteiger partial charge in [0.25, 0.3) is 0 Å². The number of carbonyl (C=O) groups excluding carboxylic acids is 1. The molecule has 1 N–H and O–H groups in total. The molecular weight excluding hydrogens is 234 g/mol. The SMILES string of the molecule is CO[C@H](CNC(=O)C(C)(C)C)c1ccc(C)s1. The van der Waals surface area contributed by atoms with Crippen molar-refractivity contribution in [1.82, 2.24) is 5.32 Å². The number of ether oxygens (including phenoxy) is 1. The molecule has 96 valence electrons. The molecule has 17 heavy (non-hydrogen) atoms. The van der Waals surface area contributed by atoms with Crippen molar-refractivity contribution in [2.45, 2.75) is 33.8 Å². The van der Waals surface area contributed by atoms with Crippen LogP contribution in [0.4, 0.5) is 0 Å². The van der Waals surface area contributed by atoms with Gasteiger partial charge in [-0.25, -0.2) is 0 Å². The van der Waals surface area contributed by atoms with E-state index in [1.807, 2.05) is 20.8 Å². The van der Waals surface area contributed by atoms with Crippen LogP contribution in [-0.2, 0) is 9.53 Å². The summed E-state index contributed by atoms with van der Waals surface area (Å²) in [5, 5.41) is 2.92. The topological polar surface area (TPSA) is 38.3 Å². The largest absolute Gasteiger partial charge is 0.374 e. The number of amides is 1. The summed E-state index contributed by atoms with van der Waals surface area (Å²) >= 11 is 1.70. The maximum absolute atomic E-state index is 11.8. The summed E-state index contributed by atoms with van der Waals surface area (Å²) in [6.07, 6.45) is -0.0556. The van der Waals surface area contributed by atoms with Gasteiger partial charge < -0.3 is 10.1 Å². The van der Waals surface area contributed by atoms with Crippen LogP contribution in [-0.4, -0.2) is 19.6 Å². The lowest BCUT2D eigenvalue weighted by atomic mass is 9.96. The van der Waals surface area contributed by atoms with E-state index >= 15 is 0 Å². The van der Waals surface area contributed by atoms with E-state index in [2.05, 4.69) is 24.4 Å². The summed E-state index contributed by atoms with van der Waals surface area (Å²) in [6, 6.07) is 4.12. The maximum atomic E-state index is 11.8. The van der Waals surface area contributed by atoms with Crippen LogP contribution in [0.1, 0.15) is 36.6 Å². The highest BCUT2D eigenvalue weighted by atomic mass is 32.1. The summed E-state index contributed by atoms with van der Waals surface area (Å²) in [7, 11) is 1.67. The van der Waals surface area contributed by atoms with Crippen molar-refractivity contribution >= 4 is 17.2 Å². The zero-order valence-corrected chi connectivity index (χ0v) is 12.0. The third-order valence-electron chi connectivity index (χ3n) is 2.49. The Morgan fingerprint density at radius 2 is 2.12 bits per heavy atom. The number of thiophene rings is 1. The van der Waals surface area contributed by atoms with Gasteiger partial charge in [-0.15, -0.1) is 11.3 Å². The minimum atomic E-state index is -0.357. The highest BCUT2D eigenvalue weighted by Gasteiger charge is 2.22. The fourth-order valence-corrected chi connectivity index (χ4v) is 2.33. The zero-order valence-electron chi connectivity index (χ0n) is 11.2. The number of hydrogen-bond acceptors (Lipinski definition) is 3. The first kappa shape index (κ1) is 14.2. The number of aryl methyl sites for hydroxylation is 1. The van der Waals surface area contributed by atoms with Crippen LogP contribution in [0.25, 0.3) is 0 Å². The van der Waals surface area contributed by atoms with E-state index in [-0.39, 0.29) is 17.4 Å². The molecule has 1 aromatic heterocycles. The number of nitrogens with one attached hydrogen (secondary N) is 1. The molecule has 0 unspecified atom stereocenters. The molecule has 0 aliphatic heterocycles. The van der Waals surface area contributed by atoms with E-state index in [0.29, 0.717) is 6.54 Å². The Labute approximate surface area is 107 Å². The van der Waals surface area contributed by atoms with Crippen LogP contribution < -0.4 is 5.32 Å². The molecule has 1 rings (SSSR count). The Morgan fingerprint density at radius 3 is 2.53 bits per heavy atom. The molecule has 3 nitrogen and oxygen atoms in total. The smallest absolute Gasteiger partial charge is 0.225 e. The van der Waals surface area contributed by atoms with Crippen molar-refractivity contribution in [2.24, 2.45) is 5.41 Å². The van der Waals surface area contributed by atoms with Gasteiger partial charge in [0.1, 0.15) is 6.10 Å². The first-order valence-corrected chi connectivity index (χ1v) is 6.53. The normalized spacial score (nSPS) is 13.5. The molecule has 0 fully saturated rings. The van der Waals surface area contributed by atoms with Crippen LogP contribution in [0.3, 0.4) is 0 Å². The zero-order chi connectivity index (χ0) is 13.1. The van der Waals surface area contributed by atoms with Gasteiger partial charge in [0, 0.05) is 28.8 Å². The van der Waals surface area contributed by atoms with E-state index in [4.69, 9.17) is 4.74 Å². The Bertz CT molecular complexity index is 379. The Balaban J connectivity index is 2.57. The van der Waals surface area contributed by atoms with E-state index in [9.17, 15) is 4.79 Å². The number of methoxy groups -OCH3 is 1. The first-order chi connectivity index (χ1) is 7.84. The van der Waals surface area contributed by atoms with Crippen molar-refractivity contribution in [3.63, 3.8) is 0 Å². The van der Waals surface area contributed by atoms with Crippen molar-refractivity contribution in [1.29, 1.82) is 0 Å². The molecule has 1 amide bonds. The third kappa shape index (κ3) is 4.13. The Kier molecular flexibility index (Phi) is 4.71. The van der Waals surface area contributed by atoms with Gasteiger partial charge in [-0.05, 0) is 19.1 Å². The van der Waals surface area contributed by atoms with Crippen LogP contribution in [0.2, 0.25) is 0 Å². The summed E-state index contributed by atoms with van der Waals surface area (Å²) in [6.45, 7) is 8.29. The van der Waals surface area contributed by atoms with Gasteiger partial charge in [0.2, 0.25) is 5.91 Å². The van der Waals surface area contributed by atoms with E-state index in [0.717, 1.165) is 4.88 Å². The minimum Gasteiger partial charge on any atom is -0.374 e. The van der Waals surface area contributed by atoms with Gasteiger partial charge in [-0.1, -0.05) is 20.8 Å². The monoisotopic (exact) mass is 255 g/mol. The Hall–Kier alpha value is -0.870. The average molecular weight is 255 g/mol. The third-order valence-corrected chi connectivity index (χ3v) is 3.58. The summed E-state index contributed by atoms with van der Waals surface area (Å²) in [4.78, 5) is 14.2. The summed E-state index contributed by atoms with van der Waals surface area (Å²) in [5.74, 6) is 0.0489. The van der Waals surface area contributed by atoms with Gasteiger partial charge >= 0.3 is 0 Å². The fraction of sp³-hybridized carbons (Fsp3) is 0.615. The lowest BCUT2D eigenvalue weighted by molar-refractivity contribution is -0.129. The van der Waals surface area contributed by atoms with Crippen molar-refractivity contribution in [2.75, 3.05) is 13.7 Å². The van der Waals surface area contributed by atoms with Crippen LogP contribution in [0.15, 0.2) is 12.1 Å². The predicted molar refractivity (Wildman–Crippen MR) is 71.3 cm³/mol. The van der Waals surface area contributed by atoms with E-state index in [1.54, 1.807) is 18.4 Å². The average Bonchev–Trinajstić information content (AvgIpc) is 2.64. The first-order valence-electron chi connectivity index (χ1n) is 5.72. The molecule has 0 bridgehead atoms. The second-order valence-electron chi connectivity index (χ2n) is 5.13. The summed E-state index contributed by atoms with van der Waals surface area (Å²) < 4.78 is 5.41. The van der Waals surface area contributed by atoms with Gasteiger partial charge in [0.15, 0.2) is 0 Å². The molecule has 1 atom stereocenters. The molecule has 4 heteroatoms. The second kappa shape index (κ2) is 5.65. The molecule has 0 saturated heterocycles. The molecule has 0 radical (unpaired) electrons. The van der Waals surface area contributed by atoms with Crippen LogP contribution in [0.5, 0.6) is 0 Å². The van der Waals surface area contributed by atoms with Gasteiger partial charge in [0.05, 0.1) is 0 Å². The molecule has 0 aliphatic carbocycles. The molecule has 1 heterocycles. The molecule has 0 aliphatic rings. The fourth-order valence-electron chi connectivity index (χ4n) is 1.38. The van der Waals surface area contributed by atoms with E-state index < -0.39 is 0 Å². The quantitative estimate of drug-likeness (QED) is 0.898. The van der Waals surface area contributed by atoms with Crippen LogP contribution in [0, 0.1) is 12.3 Å². The second-order valence-corrected chi connectivity index (χ2v) is 6.45. The highest BCUT2D eigenvalue weighted by Crippen LogP contribution is 2.24. The Morgan fingerprint density at radius 1 is 1.47 bits per heavy atom. The van der Waals surface area contributed by atoms with Crippen molar-refractivity contribution in [3.8, 4) is 0 Å². The summed E-state index contributed by atoms with van der Waals surface area (Å²) in [5.41, 5.74) is -0.357. The molecule has 1 aromatic rings. The van der Waals surface area contributed by atoms with E-state index in [1.165, 1.54) is 4.88 Å². The van der Waals surface area contributed by atoms with Crippen molar-refractivity contribution in [3.05, 3.63) is 21.9 Å². The number of rotatable bonds is 4. The van der Waals surface area contributed by atoms with Crippen molar-refractivity contribution < 1.29 is 9.53 Å². The molecule has 0 aromatic carbocycles.